The Kier molecular flexibility index (Phi) is 4.32. The minimum Gasteiger partial charge on any atom is -0.463 e. The van der Waals surface area contributed by atoms with Crippen LogP contribution in [0.3, 0.4) is 0 Å². The van der Waals surface area contributed by atoms with Crippen molar-refractivity contribution < 1.29 is 9.53 Å². The third-order valence-electron chi connectivity index (χ3n) is 4.66. The summed E-state index contributed by atoms with van der Waals surface area (Å²) >= 11 is 0. The van der Waals surface area contributed by atoms with Crippen LogP contribution in [-0.2, 0) is 22.1 Å². The summed E-state index contributed by atoms with van der Waals surface area (Å²) < 4.78 is 6.98. The molecule has 1 saturated carbocycles. The van der Waals surface area contributed by atoms with E-state index in [4.69, 9.17) is 10.3 Å². The Morgan fingerprint density at radius 2 is 2.25 bits per heavy atom. The number of azide groups is 1. The molecular formula is C18H20N4O2. The average Bonchev–Trinajstić information content (AvgIpc) is 2.86. The van der Waals surface area contributed by atoms with Crippen LogP contribution in [-0.4, -0.2) is 17.1 Å². The van der Waals surface area contributed by atoms with Crippen molar-refractivity contribution in [3.05, 3.63) is 52.0 Å². The summed E-state index contributed by atoms with van der Waals surface area (Å²) in [5.74, 6) is -0.345. The zero-order valence-corrected chi connectivity index (χ0v) is 13.9. The number of fused-ring (bicyclic) bond motifs is 1. The second-order valence-corrected chi connectivity index (χ2v) is 6.07. The first kappa shape index (κ1) is 16.1. The van der Waals surface area contributed by atoms with E-state index < -0.39 is 5.54 Å². The van der Waals surface area contributed by atoms with Crippen molar-refractivity contribution in [3.8, 4) is 0 Å². The lowest BCUT2D eigenvalue weighted by molar-refractivity contribution is -0.137. The molecule has 124 valence electrons. The Morgan fingerprint density at radius 3 is 2.88 bits per heavy atom. The van der Waals surface area contributed by atoms with Crippen molar-refractivity contribution >= 4 is 22.9 Å². The smallest absolute Gasteiger partial charge is 0.330 e. The molecule has 0 spiro atoms. The molecule has 0 atom stereocenters. The minimum atomic E-state index is -0.413. The molecule has 1 heterocycles. The fraction of sp³-hybridized carbons (Fsp3) is 0.389. The van der Waals surface area contributed by atoms with Gasteiger partial charge in [-0.15, -0.1) is 0 Å². The van der Waals surface area contributed by atoms with Gasteiger partial charge in [0.15, 0.2) is 0 Å². The summed E-state index contributed by atoms with van der Waals surface area (Å²) in [6.45, 7) is 2.15. The first-order valence-corrected chi connectivity index (χ1v) is 8.11. The average molecular weight is 324 g/mol. The van der Waals surface area contributed by atoms with E-state index in [9.17, 15) is 4.79 Å². The van der Waals surface area contributed by atoms with Crippen LogP contribution in [0.2, 0.25) is 0 Å². The largest absolute Gasteiger partial charge is 0.463 e. The Hall–Kier alpha value is -2.72. The quantitative estimate of drug-likeness (QED) is 0.268. The number of rotatable bonds is 5. The van der Waals surface area contributed by atoms with Crippen molar-refractivity contribution in [1.29, 1.82) is 0 Å². The zero-order valence-electron chi connectivity index (χ0n) is 13.9. The topological polar surface area (TPSA) is 80.0 Å². The third kappa shape index (κ3) is 2.76. The van der Waals surface area contributed by atoms with Gasteiger partial charge >= 0.3 is 5.97 Å². The summed E-state index contributed by atoms with van der Waals surface area (Å²) in [6, 6.07) is 8.11. The van der Waals surface area contributed by atoms with Gasteiger partial charge in [-0.05, 0) is 54.5 Å². The van der Waals surface area contributed by atoms with Crippen molar-refractivity contribution in [3.63, 3.8) is 0 Å². The van der Waals surface area contributed by atoms with Gasteiger partial charge in [-0.2, -0.15) is 0 Å². The summed E-state index contributed by atoms with van der Waals surface area (Å²) in [4.78, 5) is 14.5. The zero-order chi connectivity index (χ0) is 17.2. The molecular weight excluding hydrogens is 304 g/mol. The van der Waals surface area contributed by atoms with Crippen LogP contribution < -0.4 is 0 Å². The van der Waals surface area contributed by atoms with Crippen molar-refractivity contribution in [2.75, 3.05) is 6.61 Å². The SMILES string of the molecule is CCOC(=O)C=Cc1ccc2cc(C3(N=[N+]=[N-])CCC3)n(C)c2c1. The highest BCUT2D eigenvalue weighted by Gasteiger charge is 2.40. The van der Waals surface area contributed by atoms with Crippen LogP contribution in [0, 0.1) is 0 Å². The number of carbonyl (C=O) groups is 1. The molecule has 1 fully saturated rings. The maximum atomic E-state index is 11.4. The molecule has 2 aromatic rings. The number of carbonyl (C=O) groups excluding carboxylic acids is 1. The van der Waals surface area contributed by atoms with Gasteiger partial charge in [-0.3, -0.25) is 0 Å². The van der Waals surface area contributed by atoms with E-state index in [-0.39, 0.29) is 5.97 Å². The molecule has 1 aliphatic rings. The van der Waals surface area contributed by atoms with Gasteiger partial charge in [-0.1, -0.05) is 23.7 Å². The number of aromatic nitrogens is 1. The highest BCUT2D eigenvalue weighted by molar-refractivity contribution is 5.89. The van der Waals surface area contributed by atoms with E-state index in [0.29, 0.717) is 6.61 Å². The summed E-state index contributed by atoms with van der Waals surface area (Å²) in [6.07, 6.45) is 6.03. The lowest BCUT2D eigenvalue weighted by Crippen LogP contribution is -2.33. The predicted molar refractivity (Wildman–Crippen MR) is 93.3 cm³/mol. The number of hydrogen-bond donors (Lipinski definition) is 0. The van der Waals surface area contributed by atoms with Crippen LogP contribution >= 0.6 is 0 Å². The molecule has 1 aromatic carbocycles. The van der Waals surface area contributed by atoms with Crippen molar-refractivity contribution in [1.82, 2.24) is 4.57 Å². The lowest BCUT2D eigenvalue weighted by Gasteiger charge is -2.37. The van der Waals surface area contributed by atoms with Gasteiger partial charge in [0.2, 0.25) is 0 Å². The molecule has 24 heavy (non-hydrogen) atoms. The predicted octanol–water partition coefficient (Wildman–Crippen LogP) is 4.44. The molecule has 6 heteroatoms. The monoisotopic (exact) mass is 324 g/mol. The third-order valence-corrected chi connectivity index (χ3v) is 4.66. The van der Waals surface area contributed by atoms with E-state index in [1.165, 1.54) is 6.08 Å². The molecule has 0 amide bonds. The maximum Gasteiger partial charge on any atom is 0.330 e. The van der Waals surface area contributed by atoms with Crippen molar-refractivity contribution in [2.24, 2.45) is 12.2 Å². The number of esters is 1. The highest BCUT2D eigenvalue weighted by atomic mass is 16.5. The summed E-state index contributed by atoms with van der Waals surface area (Å²) in [5.41, 5.74) is 11.5. The minimum absolute atomic E-state index is 0.345. The number of nitrogens with zero attached hydrogens (tertiary/aromatic N) is 4. The first-order valence-electron chi connectivity index (χ1n) is 8.11. The van der Waals surface area contributed by atoms with E-state index in [2.05, 4.69) is 20.7 Å². The van der Waals surface area contributed by atoms with Crippen LogP contribution in [0.15, 0.2) is 35.5 Å². The van der Waals surface area contributed by atoms with Gasteiger partial charge in [0.05, 0.1) is 12.1 Å². The van der Waals surface area contributed by atoms with E-state index in [1.54, 1.807) is 13.0 Å². The second-order valence-electron chi connectivity index (χ2n) is 6.07. The van der Waals surface area contributed by atoms with E-state index >= 15 is 0 Å². The second kappa shape index (κ2) is 6.42. The fourth-order valence-electron chi connectivity index (χ4n) is 3.26. The highest BCUT2D eigenvalue weighted by Crippen LogP contribution is 2.46. The van der Waals surface area contributed by atoms with Gasteiger partial charge in [0.25, 0.3) is 0 Å². The fourth-order valence-corrected chi connectivity index (χ4v) is 3.26. The van der Waals surface area contributed by atoms with Gasteiger partial charge in [0, 0.05) is 29.2 Å². The van der Waals surface area contributed by atoms with Crippen LogP contribution in [0.4, 0.5) is 0 Å². The number of ether oxygens (including phenoxy) is 1. The molecule has 0 bridgehead atoms. The van der Waals surface area contributed by atoms with Crippen LogP contribution in [0.25, 0.3) is 27.4 Å². The summed E-state index contributed by atoms with van der Waals surface area (Å²) in [5, 5.41) is 5.17. The lowest BCUT2D eigenvalue weighted by atomic mass is 9.75. The van der Waals surface area contributed by atoms with Crippen molar-refractivity contribution in [2.45, 2.75) is 31.7 Å². The molecule has 3 rings (SSSR count). The Bertz CT molecular complexity index is 855. The number of hydrogen-bond acceptors (Lipinski definition) is 3. The van der Waals surface area contributed by atoms with Gasteiger partial charge in [-0.25, -0.2) is 4.79 Å². The normalized spacial score (nSPS) is 15.9. The van der Waals surface area contributed by atoms with Gasteiger partial charge in [0.1, 0.15) is 0 Å². The van der Waals surface area contributed by atoms with E-state index in [1.807, 2.05) is 25.2 Å². The molecule has 0 N–H and O–H groups in total. The molecule has 1 aromatic heterocycles. The Balaban J connectivity index is 1.98. The van der Waals surface area contributed by atoms with Gasteiger partial charge < -0.3 is 9.30 Å². The van der Waals surface area contributed by atoms with E-state index in [0.717, 1.165) is 41.4 Å². The number of benzene rings is 1. The first-order chi connectivity index (χ1) is 11.6. The molecule has 0 aliphatic heterocycles. The molecule has 0 unspecified atom stereocenters. The van der Waals surface area contributed by atoms with Crippen LogP contribution in [0.5, 0.6) is 0 Å². The molecule has 6 nitrogen and oxygen atoms in total. The number of aryl methyl sites for hydroxylation is 1. The molecule has 1 aliphatic carbocycles. The van der Waals surface area contributed by atoms with Crippen LogP contribution in [0.1, 0.15) is 37.4 Å². The summed E-state index contributed by atoms with van der Waals surface area (Å²) in [7, 11) is 1.99. The maximum absolute atomic E-state index is 11.4. The Labute approximate surface area is 140 Å². The molecule has 0 radical (unpaired) electrons. The standard InChI is InChI=1S/C18H20N4O2/c1-3-24-17(23)8-6-13-5-7-14-12-16(22(2)15(14)11-13)18(20-21-19)9-4-10-18/h5-8,11-12H,3-4,9-10H2,1-2H3. The Morgan fingerprint density at radius 1 is 1.46 bits per heavy atom. The molecule has 0 saturated heterocycles.